The number of carbonyl (C=O) groups is 1. The molecule has 2 aliphatic carbocycles. The first kappa shape index (κ1) is 13.1. The van der Waals surface area contributed by atoms with Crippen LogP contribution in [0.25, 0.3) is 0 Å². The fourth-order valence-corrected chi connectivity index (χ4v) is 4.37. The minimum Gasteiger partial charge on any atom is -0.461 e. The molecular formula is C15H22O4. The van der Waals surface area contributed by atoms with Gasteiger partial charge >= 0.3 is 5.97 Å². The molecule has 1 heterocycles. The Bertz CT molecular complexity index is 432. The summed E-state index contributed by atoms with van der Waals surface area (Å²) in [5.41, 5.74) is 0.395. The number of ether oxygens (including phenoxy) is 1. The minimum atomic E-state index is -0.693. The summed E-state index contributed by atoms with van der Waals surface area (Å²) in [4.78, 5) is 11.8. The Hall–Kier alpha value is -0.870. The molecule has 0 amide bonds. The lowest BCUT2D eigenvalue weighted by Crippen LogP contribution is -2.56. The Labute approximate surface area is 113 Å². The van der Waals surface area contributed by atoms with Gasteiger partial charge in [0.05, 0.1) is 18.1 Å². The number of hydrogen-bond acceptors (Lipinski definition) is 4. The van der Waals surface area contributed by atoms with Crippen molar-refractivity contribution in [2.45, 2.75) is 51.4 Å². The number of fused-ring (bicyclic) bond motifs is 3. The zero-order chi connectivity index (χ0) is 13.9. The van der Waals surface area contributed by atoms with E-state index < -0.39 is 12.2 Å². The number of carbonyl (C=O) groups excluding carboxylic acids is 1. The molecular weight excluding hydrogens is 244 g/mol. The standard InChI is InChI=1S/C15H22O4/c1-7-9-4-5-15(3)11(17)6-10(16)8(2)12(15)13(9)19-14(7)18/h7,9-13,16-17H,2,4-6H2,1,3H3/t7-,9+,10-,11-,12-,13+,15+/m1/s1. The van der Waals surface area contributed by atoms with Gasteiger partial charge in [-0.3, -0.25) is 4.79 Å². The van der Waals surface area contributed by atoms with Crippen LogP contribution in [0.3, 0.4) is 0 Å². The van der Waals surface area contributed by atoms with Gasteiger partial charge < -0.3 is 14.9 Å². The van der Waals surface area contributed by atoms with E-state index in [1.54, 1.807) is 0 Å². The Morgan fingerprint density at radius 1 is 1.42 bits per heavy atom. The molecule has 1 saturated heterocycles. The SMILES string of the molecule is C=C1[C@H](O)C[C@@H](O)[C@]2(C)CC[C@@H]3[C@H](OC(=O)[C@@H]3C)[C@@H]12. The molecule has 3 aliphatic rings. The average molecular weight is 266 g/mol. The van der Waals surface area contributed by atoms with E-state index in [9.17, 15) is 15.0 Å². The van der Waals surface area contributed by atoms with E-state index in [1.807, 2.05) is 13.8 Å². The first-order valence-corrected chi connectivity index (χ1v) is 7.11. The van der Waals surface area contributed by atoms with E-state index in [0.717, 1.165) is 18.4 Å². The maximum Gasteiger partial charge on any atom is 0.309 e. The highest BCUT2D eigenvalue weighted by Crippen LogP contribution is 2.57. The van der Waals surface area contributed by atoms with Crippen molar-refractivity contribution < 1.29 is 19.7 Å². The molecule has 19 heavy (non-hydrogen) atoms. The summed E-state index contributed by atoms with van der Waals surface area (Å²) in [7, 11) is 0. The maximum atomic E-state index is 11.8. The maximum absolute atomic E-state index is 11.8. The molecule has 3 rings (SSSR count). The van der Waals surface area contributed by atoms with Crippen LogP contribution in [-0.4, -0.2) is 34.5 Å². The number of aliphatic hydroxyl groups is 2. The van der Waals surface area contributed by atoms with Crippen LogP contribution in [0, 0.1) is 23.2 Å². The van der Waals surface area contributed by atoms with Gasteiger partial charge in [-0.15, -0.1) is 0 Å². The minimum absolute atomic E-state index is 0.0847. The van der Waals surface area contributed by atoms with Gasteiger partial charge in [-0.1, -0.05) is 20.4 Å². The van der Waals surface area contributed by atoms with Crippen molar-refractivity contribution in [3.63, 3.8) is 0 Å². The topological polar surface area (TPSA) is 66.8 Å². The van der Waals surface area contributed by atoms with Crippen molar-refractivity contribution >= 4 is 5.97 Å². The Kier molecular flexibility index (Phi) is 2.81. The van der Waals surface area contributed by atoms with Crippen LogP contribution in [0.2, 0.25) is 0 Å². The summed E-state index contributed by atoms with van der Waals surface area (Å²) in [5.74, 6) is -0.168. The molecule has 7 atom stereocenters. The fourth-order valence-electron chi connectivity index (χ4n) is 4.37. The van der Waals surface area contributed by atoms with Crippen molar-refractivity contribution in [1.29, 1.82) is 0 Å². The quantitative estimate of drug-likeness (QED) is 0.512. The molecule has 0 bridgehead atoms. The Morgan fingerprint density at radius 2 is 2.11 bits per heavy atom. The van der Waals surface area contributed by atoms with Gasteiger partial charge in [0.2, 0.25) is 0 Å². The third-order valence-corrected chi connectivity index (χ3v) is 5.78. The number of rotatable bonds is 0. The second-order valence-electron chi connectivity index (χ2n) is 6.72. The lowest BCUT2D eigenvalue weighted by molar-refractivity contribution is -0.155. The molecule has 4 nitrogen and oxygen atoms in total. The molecule has 0 aromatic rings. The van der Waals surface area contributed by atoms with Gasteiger partial charge in [0.25, 0.3) is 0 Å². The third kappa shape index (κ3) is 1.62. The highest BCUT2D eigenvalue weighted by molar-refractivity contribution is 5.75. The van der Waals surface area contributed by atoms with Gasteiger partial charge in [-0.2, -0.15) is 0 Å². The summed E-state index contributed by atoms with van der Waals surface area (Å²) < 4.78 is 5.56. The van der Waals surface area contributed by atoms with Crippen LogP contribution in [0.15, 0.2) is 12.2 Å². The molecule has 0 radical (unpaired) electrons. The van der Waals surface area contributed by atoms with Gasteiger partial charge in [0, 0.05) is 23.7 Å². The van der Waals surface area contributed by atoms with Crippen molar-refractivity contribution in [1.82, 2.24) is 0 Å². The summed E-state index contributed by atoms with van der Waals surface area (Å²) in [5, 5.41) is 20.4. The monoisotopic (exact) mass is 266 g/mol. The van der Waals surface area contributed by atoms with E-state index in [1.165, 1.54) is 0 Å². The molecule has 4 heteroatoms. The van der Waals surface area contributed by atoms with Crippen LogP contribution in [0.4, 0.5) is 0 Å². The lowest BCUT2D eigenvalue weighted by atomic mass is 9.53. The third-order valence-electron chi connectivity index (χ3n) is 5.78. The average Bonchev–Trinajstić information content (AvgIpc) is 2.63. The number of hydrogen-bond donors (Lipinski definition) is 2. The van der Waals surface area contributed by atoms with Crippen LogP contribution >= 0.6 is 0 Å². The van der Waals surface area contributed by atoms with Crippen LogP contribution < -0.4 is 0 Å². The molecule has 0 aromatic carbocycles. The number of aliphatic hydroxyl groups excluding tert-OH is 2. The van der Waals surface area contributed by atoms with Gasteiger partial charge in [-0.25, -0.2) is 0 Å². The Balaban J connectivity index is 2.00. The predicted molar refractivity (Wildman–Crippen MR) is 69.1 cm³/mol. The van der Waals surface area contributed by atoms with Crippen molar-refractivity contribution in [2.75, 3.05) is 0 Å². The molecule has 0 aromatic heterocycles. The predicted octanol–water partition coefficient (Wildman–Crippen LogP) is 1.26. The first-order chi connectivity index (χ1) is 8.86. The molecule has 1 aliphatic heterocycles. The molecule has 0 unspecified atom stereocenters. The summed E-state index contributed by atoms with van der Waals surface area (Å²) in [6.45, 7) is 7.96. The smallest absolute Gasteiger partial charge is 0.309 e. The van der Waals surface area contributed by atoms with Crippen LogP contribution in [0.1, 0.15) is 33.1 Å². The molecule has 0 spiro atoms. The summed E-state index contributed by atoms with van der Waals surface area (Å²) in [6.07, 6.45) is 0.609. The molecule has 3 fully saturated rings. The zero-order valence-electron chi connectivity index (χ0n) is 11.5. The lowest BCUT2D eigenvalue weighted by Gasteiger charge is -2.54. The van der Waals surface area contributed by atoms with Gasteiger partial charge in [0.1, 0.15) is 6.10 Å². The van der Waals surface area contributed by atoms with Crippen molar-refractivity contribution in [3.05, 3.63) is 12.2 Å². The summed E-state index contributed by atoms with van der Waals surface area (Å²) >= 11 is 0. The highest BCUT2D eigenvalue weighted by Gasteiger charge is 2.60. The van der Waals surface area contributed by atoms with Crippen molar-refractivity contribution in [3.8, 4) is 0 Å². The Morgan fingerprint density at radius 3 is 2.79 bits per heavy atom. The second-order valence-corrected chi connectivity index (χ2v) is 6.72. The van der Waals surface area contributed by atoms with Crippen LogP contribution in [0.5, 0.6) is 0 Å². The van der Waals surface area contributed by atoms with Crippen LogP contribution in [-0.2, 0) is 9.53 Å². The van der Waals surface area contributed by atoms with Crippen molar-refractivity contribution in [2.24, 2.45) is 23.2 Å². The van der Waals surface area contributed by atoms with Gasteiger partial charge in [-0.05, 0) is 18.4 Å². The van der Waals surface area contributed by atoms with E-state index >= 15 is 0 Å². The largest absolute Gasteiger partial charge is 0.461 e. The molecule has 106 valence electrons. The first-order valence-electron chi connectivity index (χ1n) is 7.11. The zero-order valence-corrected chi connectivity index (χ0v) is 11.5. The van der Waals surface area contributed by atoms with Gasteiger partial charge in [0.15, 0.2) is 0 Å². The van der Waals surface area contributed by atoms with E-state index in [0.29, 0.717) is 6.42 Å². The summed E-state index contributed by atoms with van der Waals surface area (Å²) in [6, 6.07) is 0. The van der Waals surface area contributed by atoms with E-state index in [4.69, 9.17) is 4.74 Å². The molecule has 2 saturated carbocycles. The van der Waals surface area contributed by atoms with E-state index in [2.05, 4.69) is 6.58 Å². The normalized spacial score (nSPS) is 53.5. The molecule has 2 N–H and O–H groups in total. The fraction of sp³-hybridized carbons (Fsp3) is 0.800. The number of esters is 1. The van der Waals surface area contributed by atoms with E-state index in [-0.39, 0.29) is 35.2 Å². The highest BCUT2D eigenvalue weighted by atomic mass is 16.6. The second kappa shape index (κ2) is 4.06.